The van der Waals surface area contributed by atoms with Gasteiger partial charge in [-0.1, -0.05) is 49.6 Å². The van der Waals surface area contributed by atoms with E-state index in [1.807, 2.05) is 30.3 Å². The summed E-state index contributed by atoms with van der Waals surface area (Å²) < 4.78 is 0. The molecule has 1 aliphatic carbocycles. The zero-order valence-corrected chi connectivity index (χ0v) is 9.93. The SMILES string of the molecule is O=C(C(O)=Cc1ccccc1)C1CCCCC1. The Hall–Kier alpha value is -1.57. The van der Waals surface area contributed by atoms with E-state index < -0.39 is 0 Å². The predicted molar refractivity (Wildman–Crippen MR) is 68.6 cm³/mol. The first-order valence-corrected chi connectivity index (χ1v) is 6.27. The molecule has 1 saturated carbocycles. The van der Waals surface area contributed by atoms with Crippen molar-refractivity contribution in [1.29, 1.82) is 0 Å². The van der Waals surface area contributed by atoms with E-state index in [4.69, 9.17) is 0 Å². The summed E-state index contributed by atoms with van der Waals surface area (Å²) in [5, 5.41) is 9.83. The van der Waals surface area contributed by atoms with Gasteiger partial charge in [-0.15, -0.1) is 0 Å². The first-order chi connectivity index (χ1) is 8.27. The van der Waals surface area contributed by atoms with E-state index in [-0.39, 0.29) is 17.5 Å². The number of Topliss-reactive ketones (excluding diaryl/α,β-unsaturated/α-hetero) is 1. The number of ketones is 1. The standard InChI is InChI=1S/C15H18O2/c16-14(11-12-7-3-1-4-8-12)15(17)13-9-5-2-6-10-13/h1,3-4,7-8,11,13,16H,2,5-6,9-10H2. The van der Waals surface area contributed by atoms with Gasteiger partial charge in [0.2, 0.25) is 0 Å². The Morgan fingerprint density at radius 3 is 2.41 bits per heavy atom. The second kappa shape index (κ2) is 5.67. The molecule has 2 nitrogen and oxygen atoms in total. The van der Waals surface area contributed by atoms with Gasteiger partial charge in [0.25, 0.3) is 0 Å². The van der Waals surface area contributed by atoms with E-state index in [2.05, 4.69) is 0 Å². The smallest absolute Gasteiger partial charge is 0.200 e. The normalized spacial score (nSPS) is 18.0. The van der Waals surface area contributed by atoms with Crippen LogP contribution in [0.4, 0.5) is 0 Å². The minimum Gasteiger partial charge on any atom is -0.504 e. The van der Waals surface area contributed by atoms with Crippen LogP contribution in [0, 0.1) is 5.92 Å². The number of hydrogen-bond acceptors (Lipinski definition) is 2. The predicted octanol–water partition coefficient (Wildman–Crippen LogP) is 3.73. The summed E-state index contributed by atoms with van der Waals surface area (Å²) in [4.78, 5) is 12.0. The number of hydrogen-bond donors (Lipinski definition) is 1. The van der Waals surface area contributed by atoms with Crippen LogP contribution in [-0.2, 0) is 4.79 Å². The van der Waals surface area contributed by atoms with Crippen LogP contribution in [0.1, 0.15) is 37.7 Å². The topological polar surface area (TPSA) is 37.3 Å². The summed E-state index contributed by atoms with van der Waals surface area (Å²) in [6, 6.07) is 9.46. The number of rotatable bonds is 3. The highest BCUT2D eigenvalue weighted by molar-refractivity contribution is 5.98. The number of benzene rings is 1. The molecule has 2 heteroatoms. The molecule has 0 aliphatic heterocycles. The average molecular weight is 230 g/mol. The first-order valence-electron chi connectivity index (χ1n) is 6.27. The van der Waals surface area contributed by atoms with Crippen molar-refractivity contribution in [2.45, 2.75) is 32.1 Å². The van der Waals surface area contributed by atoms with E-state index in [9.17, 15) is 9.90 Å². The van der Waals surface area contributed by atoms with E-state index in [1.54, 1.807) is 6.08 Å². The largest absolute Gasteiger partial charge is 0.504 e. The van der Waals surface area contributed by atoms with Gasteiger partial charge in [-0.2, -0.15) is 0 Å². The van der Waals surface area contributed by atoms with Crippen molar-refractivity contribution in [3.63, 3.8) is 0 Å². The maximum atomic E-state index is 12.0. The molecule has 0 aromatic heterocycles. The molecule has 1 aromatic carbocycles. The Kier molecular flexibility index (Phi) is 3.97. The quantitative estimate of drug-likeness (QED) is 0.634. The Morgan fingerprint density at radius 1 is 1.12 bits per heavy atom. The van der Waals surface area contributed by atoms with Crippen molar-refractivity contribution in [1.82, 2.24) is 0 Å². The van der Waals surface area contributed by atoms with Gasteiger partial charge in [-0.05, 0) is 24.5 Å². The van der Waals surface area contributed by atoms with Crippen LogP contribution in [0.15, 0.2) is 36.1 Å². The van der Waals surface area contributed by atoms with E-state index in [0.717, 1.165) is 31.2 Å². The summed E-state index contributed by atoms with van der Waals surface area (Å²) >= 11 is 0. The number of carbonyl (C=O) groups excluding carboxylic acids is 1. The second-order valence-electron chi connectivity index (χ2n) is 4.64. The van der Waals surface area contributed by atoms with Gasteiger partial charge in [-0.3, -0.25) is 4.79 Å². The maximum Gasteiger partial charge on any atom is 0.200 e. The van der Waals surface area contributed by atoms with Gasteiger partial charge >= 0.3 is 0 Å². The van der Waals surface area contributed by atoms with Crippen LogP contribution >= 0.6 is 0 Å². The fourth-order valence-electron chi connectivity index (χ4n) is 2.35. The molecule has 0 amide bonds. The molecule has 1 aromatic rings. The molecule has 0 bridgehead atoms. The van der Waals surface area contributed by atoms with E-state index in [0.29, 0.717) is 0 Å². The number of allylic oxidation sites excluding steroid dienone is 1. The van der Waals surface area contributed by atoms with Crippen LogP contribution in [0.5, 0.6) is 0 Å². The molecule has 17 heavy (non-hydrogen) atoms. The highest BCUT2D eigenvalue weighted by atomic mass is 16.3. The highest BCUT2D eigenvalue weighted by Crippen LogP contribution is 2.26. The molecular formula is C15H18O2. The molecule has 0 atom stereocenters. The molecule has 1 aliphatic rings. The summed E-state index contributed by atoms with van der Waals surface area (Å²) in [6.07, 6.45) is 6.84. The Balaban J connectivity index is 2.06. The lowest BCUT2D eigenvalue weighted by molar-refractivity contribution is -0.122. The summed E-state index contributed by atoms with van der Waals surface area (Å²) in [5.74, 6) is -0.152. The third-order valence-corrected chi connectivity index (χ3v) is 3.33. The molecule has 0 unspecified atom stereocenters. The molecule has 2 rings (SSSR count). The van der Waals surface area contributed by atoms with Gasteiger partial charge in [0, 0.05) is 5.92 Å². The first kappa shape index (κ1) is 11.9. The summed E-state index contributed by atoms with van der Waals surface area (Å²) in [6.45, 7) is 0. The summed E-state index contributed by atoms with van der Waals surface area (Å²) in [5.41, 5.74) is 0.870. The van der Waals surface area contributed by atoms with Crippen molar-refractivity contribution in [3.8, 4) is 0 Å². The van der Waals surface area contributed by atoms with Crippen molar-refractivity contribution in [2.24, 2.45) is 5.92 Å². The van der Waals surface area contributed by atoms with Crippen LogP contribution in [0.2, 0.25) is 0 Å². The minimum atomic E-state index is -0.0944. The van der Waals surface area contributed by atoms with Crippen LogP contribution in [-0.4, -0.2) is 10.9 Å². The third kappa shape index (κ3) is 3.19. The maximum absolute atomic E-state index is 12.0. The molecule has 0 saturated heterocycles. The van der Waals surface area contributed by atoms with Crippen molar-refractivity contribution >= 4 is 11.9 Å². The number of aliphatic hydroxyl groups is 1. The van der Waals surface area contributed by atoms with Gasteiger partial charge in [-0.25, -0.2) is 0 Å². The monoisotopic (exact) mass is 230 g/mol. The molecule has 1 fully saturated rings. The Bertz CT molecular complexity index is 400. The van der Waals surface area contributed by atoms with Gasteiger partial charge in [0.05, 0.1) is 0 Å². The minimum absolute atomic E-state index is 0.0312. The lowest BCUT2D eigenvalue weighted by Crippen LogP contribution is -2.19. The van der Waals surface area contributed by atoms with Crippen molar-refractivity contribution < 1.29 is 9.90 Å². The summed E-state index contributed by atoms with van der Waals surface area (Å²) in [7, 11) is 0. The second-order valence-corrected chi connectivity index (χ2v) is 4.64. The molecule has 90 valence electrons. The fourth-order valence-corrected chi connectivity index (χ4v) is 2.35. The van der Waals surface area contributed by atoms with Crippen LogP contribution in [0.3, 0.4) is 0 Å². The van der Waals surface area contributed by atoms with Crippen molar-refractivity contribution in [3.05, 3.63) is 41.7 Å². The molecule has 0 radical (unpaired) electrons. The number of carbonyl (C=O) groups is 1. The Labute approximate surface area is 102 Å². The molecular weight excluding hydrogens is 212 g/mol. The lowest BCUT2D eigenvalue weighted by atomic mass is 9.85. The molecule has 1 N–H and O–H groups in total. The lowest BCUT2D eigenvalue weighted by Gasteiger charge is -2.19. The van der Waals surface area contributed by atoms with Crippen molar-refractivity contribution in [2.75, 3.05) is 0 Å². The van der Waals surface area contributed by atoms with E-state index in [1.165, 1.54) is 6.42 Å². The fraction of sp³-hybridized carbons (Fsp3) is 0.400. The van der Waals surface area contributed by atoms with Gasteiger partial charge in [0.1, 0.15) is 0 Å². The zero-order chi connectivity index (χ0) is 12.1. The Morgan fingerprint density at radius 2 is 1.76 bits per heavy atom. The number of aliphatic hydroxyl groups excluding tert-OH is 1. The molecule has 0 spiro atoms. The van der Waals surface area contributed by atoms with Crippen LogP contribution in [0.25, 0.3) is 6.08 Å². The average Bonchev–Trinajstić information content (AvgIpc) is 2.40. The van der Waals surface area contributed by atoms with Gasteiger partial charge in [0.15, 0.2) is 11.5 Å². The molecule has 0 heterocycles. The third-order valence-electron chi connectivity index (χ3n) is 3.33. The van der Waals surface area contributed by atoms with Crippen LogP contribution < -0.4 is 0 Å². The van der Waals surface area contributed by atoms with E-state index >= 15 is 0 Å². The highest BCUT2D eigenvalue weighted by Gasteiger charge is 2.23. The zero-order valence-electron chi connectivity index (χ0n) is 9.93. The van der Waals surface area contributed by atoms with Gasteiger partial charge < -0.3 is 5.11 Å².